The van der Waals surface area contributed by atoms with E-state index in [4.69, 9.17) is 4.74 Å². The molecule has 0 aromatic rings. The first kappa shape index (κ1) is 25.3. The third-order valence-electron chi connectivity index (χ3n) is 5.51. The lowest BCUT2D eigenvalue weighted by molar-refractivity contribution is -0.125. The SMILES string of the molecule is C=C(OCC)/C(C)=C/CNC(=O)C(NC(=C)C1CCCCN1C(C)C)C(C)(C)C. The third-order valence-corrected chi connectivity index (χ3v) is 5.51. The minimum absolute atomic E-state index is 0.0170. The zero-order valence-electron chi connectivity index (χ0n) is 19.7. The van der Waals surface area contributed by atoms with Crippen LogP contribution in [0.4, 0.5) is 0 Å². The Balaban J connectivity index is 2.79. The minimum Gasteiger partial charge on any atom is -0.494 e. The number of piperidine rings is 1. The van der Waals surface area contributed by atoms with Crippen molar-refractivity contribution in [1.29, 1.82) is 0 Å². The lowest BCUT2D eigenvalue weighted by atomic mass is 9.85. The lowest BCUT2D eigenvalue weighted by Gasteiger charge is -2.42. The van der Waals surface area contributed by atoms with E-state index in [0.717, 1.165) is 24.2 Å². The van der Waals surface area contributed by atoms with E-state index in [1.807, 2.05) is 19.9 Å². The van der Waals surface area contributed by atoms with Gasteiger partial charge in [0.05, 0.1) is 6.61 Å². The van der Waals surface area contributed by atoms with E-state index < -0.39 is 0 Å². The van der Waals surface area contributed by atoms with E-state index in [1.165, 1.54) is 12.8 Å². The van der Waals surface area contributed by atoms with Gasteiger partial charge >= 0.3 is 0 Å². The van der Waals surface area contributed by atoms with E-state index in [-0.39, 0.29) is 23.4 Å². The Hall–Kier alpha value is -1.75. The van der Waals surface area contributed by atoms with Gasteiger partial charge in [0.1, 0.15) is 11.8 Å². The van der Waals surface area contributed by atoms with Gasteiger partial charge in [0, 0.05) is 24.3 Å². The number of nitrogens with one attached hydrogen (secondary N) is 2. The molecule has 2 atom stereocenters. The van der Waals surface area contributed by atoms with Gasteiger partial charge in [0.15, 0.2) is 0 Å². The third kappa shape index (κ3) is 7.88. The molecule has 0 radical (unpaired) electrons. The molecular weight excluding hydrogens is 362 g/mol. The summed E-state index contributed by atoms with van der Waals surface area (Å²) in [5.74, 6) is 0.628. The summed E-state index contributed by atoms with van der Waals surface area (Å²) in [7, 11) is 0. The fourth-order valence-corrected chi connectivity index (χ4v) is 3.71. The highest BCUT2D eigenvalue weighted by Crippen LogP contribution is 2.26. The monoisotopic (exact) mass is 405 g/mol. The molecular formula is C24H43N3O2. The number of ether oxygens (including phenoxy) is 1. The maximum Gasteiger partial charge on any atom is 0.243 e. The van der Waals surface area contributed by atoms with Crippen LogP contribution in [-0.4, -0.2) is 48.6 Å². The topological polar surface area (TPSA) is 53.6 Å². The summed E-state index contributed by atoms with van der Waals surface area (Å²) in [4.78, 5) is 15.5. The Labute approximate surface area is 178 Å². The van der Waals surface area contributed by atoms with Gasteiger partial charge in [-0.25, -0.2) is 0 Å². The van der Waals surface area contributed by atoms with Crippen molar-refractivity contribution in [2.75, 3.05) is 19.7 Å². The Bertz CT molecular complexity index is 602. The number of amides is 1. The van der Waals surface area contributed by atoms with Crippen LogP contribution in [0.3, 0.4) is 0 Å². The molecule has 0 aliphatic carbocycles. The van der Waals surface area contributed by atoms with E-state index >= 15 is 0 Å². The van der Waals surface area contributed by atoms with E-state index in [2.05, 4.69) is 63.3 Å². The summed E-state index contributed by atoms with van der Waals surface area (Å²) in [6.07, 6.45) is 5.45. The van der Waals surface area contributed by atoms with Gasteiger partial charge in [0.2, 0.25) is 5.91 Å². The molecule has 2 N–H and O–H groups in total. The van der Waals surface area contributed by atoms with Crippen LogP contribution >= 0.6 is 0 Å². The van der Waals surface area contributed by atoms with Crippen molar-refractivity contribution in [2.24, 2.45) is 5.41 Å². The van der Waals surface area contributed by atoms with Crippen LogP contribution in [0.15, 0.2) is 36.3 Å². The van der Waals surface area contributed by atoms with Gasteiger partial charge in [-0.3, -0.25) is 9.69 Å². The fourth-order valence-electron chi connectivity index (χ4n) is 3.71. The quantitative estimate of drug-likeness (QED) is 0.418. The van der Waals surface area contributed by atoms with E-state index in [9.17, 15) is 4.79 Å². The second-order valence-corrected chi connectivity index (χ2v) is 9.30. The number of likely N-dealkylation sites (tertiary alicyclic amines) is 1. The highest BCUT2D eigenvalue weighted by molar-refractivity contribution is 5.83. The van der Waals surface area contributed by atoms with Gasteiger partial charge in [-0.15, -0.1) is 0 Å². The molecule has 2 unspecified atom stereocenters. The van der Waals surface area contributed by atoms with Crippen molar-refractivity contribution in [3.63, 3.8) is 0 Å². The van der Waals surface area contributed by atoms with Crippen LogP contribution in [0, 0.1) is 5.41 Å². The van der Waals surface area contributed by atoms with Crippen molar-refractivity contribution in [1.82, 2.24) is 15.5 Å². The summed E-state index contributed by atoms with van der Waals surface area (Å²) in [5, 5.41) is 6.51. The smallest absolute Gasteiger partial charge is 0.243 e. The number of carbonyl (C=O) groups excluding carboxylic acids is 1. The summed E-state index contributed by atoms with van der Waals surface area (Å²) in [6, 6.07) is 0.389. The molecule has 1 aliphatic heterocycles. The molecule has 0 aromatic carbocycles. The van der Waals surface area contributed by atoms with Crippen LogP contribution in [-0.2, 0) is 9.53 Å². The Morgan fingerprint density at radius 2 is 1.93 bits per heavy atom. The van der Waals surface area contributed by atoms with Gasteiger partial charge < -0.3 is 15.4 Å². The van der Waals surface area contributed by atoms with Crippen LogP contribution in [0.2, 0.25) is 0 Å². The number of rotatable bonds is 10. The maximum absolute atomic E-state index is 13.0. The number of hydrogen-bond donors (Lipinski definition) is 2. The van der Waals surface area contributed by atoms with Gasteiger partial charge in [-0.1, -0.05) is 46.4 Å². The van der Waals surface area contributed by atoms with Crippen LogP contribution in [0.25, 0.3) is 0 Å². The molecule has 1 aliphatic rings. The standard InChI is InChI=1S/C24H43N3O2/c1-10-29-20(6)18(4)14-15-25-23(28)22(24(7,8)9)26-19(5)21-13-11-12-16-27(21)17(2)3/h14,17,21-22,26H,5-6,10-13,15-16H2,1-4,7-9H3,(H,25,28)/b18-14+. The first-order valence-corrected chi connectivity index (χ1v) is 11.0. The fraction of sp³-hybridized carbons (Fsp3) is 0.708. The van der Waals surface area contributed by atoms with E-state index in [1.54, 1.807) is 0 Å². The highest BCUT2D eigenvalue weighted by Gasteiger charge is 2.34. The molecule has 5 nitrogen and oxygen atoms in total. The summed E-state index contributed by atoms with van der Waals surface area (Å²) in [6.45, 7) is 24.9. The molecule has 1 heterocycles. The van der Waals surface area contributed by atoms with Crippen molar-refractivity contribution >= 4 is 5.91 Å². The zero-order valence-corrected chi connectivity index (χ0v) is 19.7. The average molecular weight is 406 g/mol. The predicted molar refractivity (Wildman–Crippen MR) is 123 cm³/mol. The predicted octanol–water partition coefficient (Wildman–Crippen LogP) is 4.38. The number of nitrogens with zero attached hydrogens (tertiary/aromatic N) is 1. The normalized spacial score (nSPS) is 19.6. The van der Waals surface area contributed by atoms with Crippen LogP contribution < -0.4 is 10.6 Å². The average Bonchev–Trinajstić information content (AvgIpc) is 2.64. The molecule has 5 heteroatoms. The van der Waals surface area contributed by atoms with Crippen molar-refractivity contribution < 1.29 is 9.53 Å². The maximum atomic E-state index is 13.0. The van der Waals surface area contributed by atoms with Gasteiger partial charge in [0.25, 0.3) is 0 Å². The second kappa shape index (κ2) is 11.4. The van der Waals surface area contributed by atoms with Crippen molar-refractivity contribution in [2.45, 2.75) is 85.9 Å². The summed E-state index contributed by atoms with van der Waals surface area (Å²) < 4.78 is 5.41. The molecule has 0 spiro atoms. The van der Waals surface area contributed by atoms with Gasteiger partial charge in [-0.05, 0) is 58.1 Å². The number of allylic oxidation sites excluding steroid dienone is 1. The molecule has 1 amide bonds. The second-order valence-electron chi connectivity index (χ2n) is 9.30. The first-order chi connectivity index (χ1) is 13.5. The molecule has 0 bridgehead atoms. The minimum atomic E-state index is -0.352. The van der Waals surface area contributed by atoms with Crippen molar-refractivity contribution in [3.05, 3.63) is 36.3 Å². The molecule has 1 saturated heterocycles. The molecule has 166 valence electrons. The van der Waals surface area contributed by atoms with Crippen LogP contribution in [0.5, 0.6) is 0 Å². The van der Waals surface area contributed by atoms with Crippen molar-refractivity contribution in [3.8, 4) is 0 Å². The summed E-state index contributed by atoms with van der Waals surface area (Å²) in [5.41, 5.74) is 1.65. The lowest BCUT2D eigenvalue weighted by Crippen LogP contribution is -2.55. The molecule has 1 fully saturated rings. The molecule has 0 aromatic heterocycles. The number of hydrogen-bond acceptors (Lipinski definition) is 4. The summed E-state index contributed by atoms with van der Waals surface area (Å²) >= 11 is 0. The highest BCUT2D eigenvalue weighted by atomic mass is 16.5. The van der Waals surface area contributed by atoms with E-state index in [0.29, 0.717) is 25.0 Å². The Morgan fingerprint density at radius 1 is 1.28 bits per heavy atom. The number of carbonyl (C=O) groups is 1. The zero-order chi connectivity index (χ0) is 22.2. The Morgan fingerprint density at radius 3 is 2.48 bits per heavy atom. The molecule has 1 rings (SSSR count). The molecule has 0 saturated carbocycles. The van der Waals surface area contributed by atoms with Crippen LogP contribution in [0.1, 0.15) is 67.7 Å². The van der Waals surface area contributed by atoms with Gasteiger partial charge in [-0.2, -0.15) is 0 Å². The largest absolute Gasteiger partial charge is 0.494 e. The molecule has 29 heavy (non-hydrogen) atoms. The Kier molecular flexibility index (Phi) is 9.97. The first-order valence-electron chi connectivity index (χ1n) is 11.0.